The minimum Gasteiger partial charge on any atom is -0.504 e. The third kappa shape index (κ3) is 3.18. The Labute approximate surface area is 132 Å². The highest BCUT2D eigenvalue weighted by molar-refractivity contribution is 5.89. The Hall–Kier alpha value is -2.83. The second kappa shape index (κ2) is 6.95. The Balaban J connectivity index is 2.76. The van der Waals surface area contributed by atoms with Crippen LogP contribution in [-0.2, 0) is 6.54 Å². The van der Waals surface area contributed by atoms with Crippen molar-refractivity contribution in [3.05, 3.63) is 51.3 Å². The number of nitro groups is 1. The third-order valence-corrected chi connectivity index (χ3v) is 3.47. The molecule has 0 saturated heterocycles. The first-order valence-corrected chi connectivity index (χ1v) is 7.28. The smallest absolute Gasteiger partial charge is 0.297 e. The van der Waals surface area contributed by atoms with Gasteiger partial charge in [-0.25, -0.2) is 0 Å². The van der Waals surface area contributed by atoms with Crippen molar-refractivity contribution in [2.24, 2.45) is 0 Å². The molecule has 0 bridgehead atoms. The van der Waals surface area contributed by atoms with E-state index in [9.17, 15) is 20.0 Å². The van der Waals surface area contributed by atoms with Crippen LogP contribution in [0.1, 0.15) is 19.8 Å². The van der Waals surface area contributed by atoms with E-state index in [2.05, 4.69) is 6.58 Å². The van der Waals surface area contributed by atoms with E-state index in [1.54, 1.807) is 0 Å². The molecule has 0 spiro atoms. The van der Waals surface area contributed by atoms with Crippen LogP contribution in [0.3, 0.4) is 0 Å². The first-order valence-electron chi connectivity index (χ1n) is 7.28. The average molecular weight is 318 g/mol. The summed E-state index contributed by atoms with van der Waals surface area (Å²) in [4.78, 5) is 23.0. The number of nitrogens with zero attached hydrogens (tertiary/aromatic N) is 2. The second-order valence-electron chi connectivity index (χ2n) is 5.05. The van der Waals surface area contributed by atoms with Crippen LogP contribution in [-0.4, -0.2) is 21.2 Å². The fourth-order valence-corrected chi connectivity index (χ4v) is 2.32. The van der Waals surface area contributed by atoms with Crippen LogP contribution in [0.2, 0.25) is 0 Å². The SMILES string of the molecule is C=CCOc1c(O)c2ccc([N+](=O)[O-])cc2n(CCCC)c1=O. The second-order valence-corrected chi connectivity index (χ2v) is 5.05. The highest BCUT2D eigenvalue weighted by atomic mass is 16.6. The quantitative estimate of drug-likeness (QED) is 0.481. The maximum absolute atomic E-state index is 12.6. The van der Waals surface area contributed by atoms with Gasteiger partial charge in [-0.2, -0.15) is 0 Å². The molecule has 0 saturated carbocycles. The van der Waals surface area contributed by atoms with E-state index >= 15 is 0 Å². The van der Waals surface area contributed by atoms with Gasteiger partial charge in [0.1, 0.15) is 6.61 Å². The normalized spacial score (nSPS) is 10.7. The fourth-order valence-electron chi connectivity index (χ4n) is 2.32. The van der Waals surface area contributed by atoms with Crippen molar-refractivity contribution in [2.75, 3.05) is 6.61 Å². The van der Waals surface area contributed by atoms with Gasteiger partial charge in [-0.3, -0.25) is 14.9 Å². The van der Waals surface area contributed by atoms with Crippen molar-refractivity contribution in [3.63, 3.8) is 0 Å². The van der Waals surface area contributed by atoms with Crippen LogP contribution >= 0.6 is 0 Å². The molecular weight excluding hydrogens is 300 g/mol. The lowest BCUT2D eigenvalue weighted by Gasteiger charge is -2.14. The van der Waals surface area contributed by atoms with Gasteiger partial charge in [-0.15, -0.1) is 0 Å². The number of rotatable bonds is 7. The number of pyridine rings is 1. The Bertz CT molecular complexity index is 810. The maximum atomic E-state index is 12.6. The van der Waals surface area contributed by atoms with Crippen LogP contribution in [0.25, 0.3) is 10.9 Å². The van der Waals surface area contributed by atoms with Crippen LogP contribution in [0.5, 0.6) is 11.5 Å². The molecule has 122 valence electrons. The summed E-state index contributed by atoms with van der Waals surface area (Å²) in [5, 5.41) is 21.6. The number of nitro benzene ring substituents is 1. The summed E-state index contributed by atoms with van der Waals surface area (Å²) >= 11 is 0. The van der Waals surface area contributed by atoms with Crippen molar-refractivity contribution >= 4 is 16.6 Å². The molecule has 7 nitrogen and oxygen atoms in total. The van der Waals surface area contributed by atoms with Gasteiger partial charge in [0, 0.05) is 24.1 Å². The minimum absolute atomic E-state index is 0.0784. The van der Waals surface area contributed by atoms with E-state index in [0.717, 1.165) is 12.8 Å². The molecule has 0 unspecified atom stereocenters. The zero-order valence-electron chi connectivity index (χ0n) is 12.8. The van der Waals surface area contributed by atoms with Gasteiger partial charge in [-0.1, -0.05) is 26.0 Å². The van der Waals surface area contributed by atoms with Crippen molar-refractivity contribution in [3.8, 4) is 11.5 Å². The number of hydrogen-bond acceptors (Lipinski definition) is 5. The van der Waals surface area contributed by atoms with Crippen molar-refractivity contribution in [1.29, 1.82) is 0 Å². The Morgan fingerprint density at radius 1 is 1.48 bits per heavy atom. The molecule has 0 fully saturated rings. The molecule has 23 heavy (non-hydrogen) atoms. The number of non-ortho nitro benzene ring substituents is 1. The number of ether oxygens (including phenoxy) is 1. The molecule has 2 rings (SSSR count). The van der Waals surface area contributed by atoms with Crippen LogP contribution in [0.15, 0.2) is 35.6 Å². The predicted molar refractivity (Wildman–Crippen MR) is 87.1 cm³/mol. The lowest BCUT2D eigenvalue weighted by Crippen LogP contribution is -2.23. The fraction of sp³-hybridized carbons (Fsp3) is 0.312. The number of aromatic hydroxyl groups is 1. The van der Waals surface area contributed by atoms with Crippen LogP contribution in [0.4, 0.5) is 5.69 Å². The van der Waals surface area contributed by atoms with E-state index < -0.39 is 10.5 Å². The number of hydrogen-bond donors (Lipinski definition) is 1. The third-order valence-electron chi connectivity index (χ3n) is 3.47. The molecule has 0 aliphatic carbocycles. The van der Waals surface area contributed by atoms with Crippen molar-refractivity contribution < 1.29 is 14.8 Å². The molecule has 0 amide bonds. The van der Waals surface area contributed by atoms with Gasteiger partial charge in [0.15, 0.2) is 5.75 Å². The molecule has 1 heterocycles. The minimum atomic E-state index is -0.534. The van der Waals surface area contributed by atoms with Gasteiger partial charge in [0.05, 0.1) is 10.4 Å². The van der Waals surface area contributed by atoms with Crippen molar-refractivity contribution in [1.82, 2.24) is 4.57 Å². The van der Waals surface area contributed by atoms with Gasteiger partial charge in [-0.05, 0) is 12.5 Å². The molecule has 1 aromatic heterocycles. The number of aromatic nitrogens is 1. The van der Waals surface area contributed by atoms with E-state index in [0.29, 0.717) is 17.4 Å². The summed E-state index contributed by atoms with van der Waals surface area (Å²) in [6.45, 7) is 5.95. The van der Waals surface area contributed by atoms with E-state index in [-0.39, 0.29) is 23.8 Å². The standard InChI is InChI=1S/C16H18N2O5/c1-3-5-8-17-13-10-11(18(21)22)6-7-12(13)14(19)15(16(17)20)23-9-4-2/h4,6-7,10,19H,2-3,5,8-9H2,1H3. The largest absolute Gasteiger partial charge is 0.504 e. The highest BCUT2D eigenvalue weighted by Crippen LogP contribution is 2.33. The zero-order chi connectivity index (χ0) is 17.0. The van der Waals surface area contributed by atoms with Crippen molar-refractivity contribution in [2.45, 2.75) is 26.3 Å². The summed E-state index contributed by atoms with van der Waals surface area (Å²) in [5.41, 5.74) is -0.326. The van der Waals surface area contributed by atoms with Crippen LogP contribution in [0, 0.1) is 10.1 Å². The monoisotopic (exact) mass is 318 g/mol. The molecular formula is C16H18N2O5. The van der Waals surface area contributed by atoms with E-state index in [1.807, 2.05) is 6.92 Å². The number of aryl methyl sites for hydroxylation is 1. The first kappa shape index (κ1) is 16.5. The molecule has 0 atom stereocenters. The molecule has 0 aliphatic heterocycles. The topological polar surface area (TPSA) is 94.6 Å². The Morgan fingerprint density at radius 3 is 2.83 bits per heavy atom. The van der Waals surface area contributed by atoms with Gasteiger partial charge >= 0.3 is 0 Å². The summed E-state index contributed by atoms with van der Waals surface area (Å²) in [6, 6.07) is 4.00. The molecule has 0 aliphatic rings. The predicted octanol–water partition coefficient (Wildman–Crippen LogP) is 2.98. The number of fused-ring (bicyclic) bond motifs is 1. The lowest BCUT2D eigenvalue weighted by molar-refractivity contribution is -0.384. The Kier molecular flexibility index (Phi) is 5.00. The summed E-state index contributed by atoms with van der Waals surface area (Å²) in [6.07, 6.45) is 3.05. The van der Waals surface area contributed by atoms with Gasteiger partial charge in [0.25, 0.3) is 11.2 Å². The first-order chi connectivity index (χ1) is 11.0. The summed E-state index contributed by atoms with van der Waals surface area (Å²) in [7, 11) is 0. The lowest BCUT2D eigenvalue weighted by atomic mass is 10.1. The Morgan fingerprint density at radius 2 is 2.22 bits per heavy atom. The molecule has 7 heteroatoms. The van der Waals surface area contributed by atoms with Gasteiger partial charge in [0.2, 0.25) is 5.75 Å². The molecule has 0 radical (unpaired) electrons. The van der Waals surface area contributed by atoms with Crippen LogP contribution < -0.4 is 10.3 Å². The van der Waals surface area contributed by atoms with E-state index in [4.69, 9.17) is 4.74 Å². The van der Waals surface area contributed by atoms with E-state index in [1.165, 1.54) is 28.8 Å². The number of unbranched alkanes of at least 4 members (excludes halogenated alkanes) is 1. The average Bonchev–Trinajstić information content (AvgIpc) is 2.54. The maximum Gasteiger partial charge on any atom is 0.297 e. The molecule has 1 N–H and O–H groups in total. The highest BCUT2D eigenvalue weighted by Gasteiger charge is 2.19. The number of benzene rings is 1. The molecule has 1 aromatic carbocycles. The molecule has 2 aromatic rings. The summed E-state index contributed by atoms with van der Waals surface area (Å²) < 4.78 is 6.69. The zero-order valence-corrected chi connectivity index (χ0v) is 12.8. The summed E-state index contributed by atoms with van der Waals surface area (Å²) in [5.74, 6) is -0.475. The van der Waals surface area contributed by atoms with Gasteiger partial charge < -0.3 is 14.4 Å².